The largest absolute Gasteiger partial charge is 0.444 e. The normalized spacial score (nSPS) is 15.3. The SMILES string of the molecule is CN(C(=O)Nc1ccc(F)c(C(F)F)c1)[C@H]1CN(C(=O)OC(C)(C)C)Cc2[nH]c(=O)c3cc(F)c(F)cc3c21. The Bertz CT molecular complexity index is 1520. The zero-order valence-corrected chi connectivity index (χ0v) is 21.4. The summed E-state index contributed by atoms with van der Waals surface area (Å²) in [5, 5.41) is 2.26. The number of benzene rings is 2. The number of ether oxygens (including phenoxy) is 1. The molecule has 39 heavy (non-hydrogen) atoms. The van der Waals surface area contributed by atoms with Gasteiger partial charge in [0.2, 0.25) is 0 Å². The van der Waals surface area contributed by atoms with Gasteiger partial charge in [0.05, 0.1) is 23.5 Å². The molecule has 2 aromatic carbocycles. The number of nitrogens with zero attached hydrogens (tertiary/aromatic N) is 2. The Kier molecular flexibility index (Phi) is 7.28. The summed E-state index contributed by atoms with van der Waals surface area (Å²) in [7, 11) is 1.33. The van der Waals surface area contributed by atoms with Gasteiger partial charge in [-0.15, -0.1) is 0 Å². The molecule has 0 aliphatic carbocycles. The molecule has 1 atom stereocenters. The number of alkyl halides is 2. The van der Waals surface area contributed by atoms with E-state index in [4.69, 9.17) is 4.74 Å². The summed E-state index contributed by atoms with van der Waals surface area (Å²) < 4.78 is 73.7. The smallest absolute Gasteiger partial charge is 0.410 e. The number of anilines is 1. The van der Waals surface area contributed by atoms with Crippen molar-refractivity contribution in [2.45, 2.75) is 45.4 Å². The van der Waals surface area contributed by atoms with Crippen LogP contribution in [-0.2, 0) is 11.3 Å². The van der Waals surface area contributed by atoms with Crippen LogP contribution in [0.4, 0.5) is 37.2 Å². The molecule has 2 heterocycles. The number of rotatable bonds is 3. The molecule has 0 unspecified atom stereocenters. The Morgan fingerprint density at radius 1 is 1.08 bits per heavy atom. The second kappa shape index (κ2) is 10.2. The van der Waals surface area contributed by atoms with E-state index in [1.54, 1.807) is 20.8 Å². The maximum atomic E-state index is 14.3. The van der Waals surface area contributed by atoms with Crippen molar-refractivity contribution >= 4 is 28.6 Å². The van der Waals surface area contributed by atoms with Crippen LogP contribution in [0.25, 0.3) is 10.8 Å². The molecule has 2 N–H and O–H groups in total. The van der Waals surface area contributed by atoms with E-state index in [-0.39, 0.29) is 40.8 Å². The minimum Gasteiger partial charge on any atom is -0.444 e. The van der Waals surface area contributed by atoms with Gasteiger partial charge in [-0.05, 0) is 56.5 Å². The molecular weight excluding hydrogens is 527 g/mol. The number of pyridine rings is 1. The highest BCUT2D eigenvalue weighted by Gasteiger charge is 2.37. The van der Waals surface area contributed by atoms with Crippen molar-refractivity contribution in [3.63, 3.8) is 0 Å². The Labute approximate surface area is 219 Å². The first-order valence-electron chi connectivity index (χ1n) is 11.8. The zero-order valence-electron chi connectivity index (χ0n) is 21.4. The van der Waals surface area contributed by atoms with Crippen molar-refractivity contribution in [1.29, 1.82) is 0 Å². The number of nitrogens with one attached hydrogen (secondary N) is 2. The van der Waals surface area contributed by atoms with E-state index in [1.807, 2.05) is 0 Å². The number of aromatic amines is 1. The molecule has 0 bridgehead atoms. The third-order valence-corrected chi connectivity index (χ3v) is 6.18. The summed E-state index contributed by atoms with van der Waals surface area (Å²) in [6, 6.07) is 2.39. The van der Waals surface area contributed by atoms with Crippen molar-refractivity contribution in [2.24, 2.45) is 0 Å². The summed E-state index contributed by atoms with van der Waals surface area (Å²) >= 11 is 0. The van der Waals surface area contributed by atoms with Crippen LogP contribution < -0.4 is 10.9 Å². The molecule has 3 aromatic rings. The molecule has 1 aliphatic heterocycles. The number of amides is 3. The van der Waals surface area contributed by atoms with Crippen LogP contribution in [0, 0.1) is 17.5 Å². The maximum absolute atomic E-state index is 14.3. The number of halogens is 5. The Morgan fingerprint density at radius 2 is 1.72 bits per heavy atom. The molecule has 0 spiro atoms. The van der Waals surface area contributed by atoms with Gasteiger partial charge in [-0.25, -0.2) is 31.5 Å². The Balaban J connectivity index is 1.78. The van der Waals surface area contributed by atoms with Gasteiger partial charge in [-0.3, -0.25) is 9.69 Å². The van der Waals surface area contributed by atoms with Crippen LogP contribution in [-0.4, -0.2) is 46.1 Å². The number of aromatic nitrogens is 1. The van der Waals surface area contributed by atoms with Gasteiger partial charge in [-0.2, -0.15) is 0 Å². The lowest BCUT2D eigenvalue weighted by molar-refractivity contribution is 0.0163. The average molecular weight is 553 g/mol. The molecule has 3 amide bonds. The topological polar surface area (TPSA) is 94.7 Å². The first kappa shape index (κ1) is 27.9. The third-order valence-electron chi connectivity index (χ3n) is 6.18. The van der Waals surface area contributed by atoms with Crippen molar-refractivity contribution in [1.82, 2.24) is 14.8 Å². The zero-order chi connectivity index (χ0) is 28.8. The fraction of sp³-hybridized carbons (Fsp3) is 0.346. The van der Waals surface area contributed by atoms with E-state index < -0.39 is 58.8 Å². The van der Waals surface area contributed by atoms with Crippen LogP contribution in [0.15, 0.2) is 35.1 Å². The Hall–Kier alpha value is -4.16. The molecule has 0 radical (unpaired) electrons. The summed E-state index contributed by atoms with van der Waals surface area (Å²) in [5.41, 5.74) is -2.20. The predicted molar refractivity (Wildman–Crippen MR) is 132 cm³/mol. The van der Waals surface area contributed by atoms with E-state index in [0.29, 0.717) is 0 Å². The first-order valence-corrected chi connectivity index (χ1v) is 11.8. The quantitative estimate of drug-likeness (QED) is 0.400. The van der Waals surface area contributed by atoms with Gasteiger partial charge in [0.15, 0.2) is 11.6 Å². The Morgan fingerprint density at radius 3 is 2.33 bits per heavy atom. The standard InChI is InChI=1S/C26H25F5N4O4/c1-26(2,3)39-25(38)35-10-19-21(13-8-17(28)18(29)9-14(13)23(36)33-19)20(11-35)34(4)24(37)32-12-5-6-16(27)15(7-12)22(30)31/h5-9,20,22H,10-11H2,1-4H3,(H,32,37)(H,33,36)/t20-/m0/s1. The number of carbonyl (C=O) groups is 2. The number of fused-ring (bicyclic) bond motifs is 3. The molecule has 13 heteroatoms. The van der Waals surface area contributed by atoms with Crippen LogP contribution >= 0.6 is 0 Å². The van der Waals surface area contributed by atoms with Crippen molar-refractivity contribution < 1.29 is 36.3 Å². The van der Waals surface area contributed by atoms with Gasteiger partial charge in [-0.1, -0.05) is 0 Å². The number of H-pyrrole nitrogens is 1. The van der Waals surface area contributed by atoms with E-state index in [0.717, 1.165) is 35.2 Å². The highest BCUT2D eigenvalue weighted by Crippen LogP contribution is 2.36. The lowest BCUT2D eigenvalue weighted by Crippen LogP contribution is -2.48. The minimum atomic E-state index is -3.12. The van der Waals surface area contributed by atoms with Gasteiger partial charge in [0, 0.05) is 30.5 Å². The molecule has 4 rings (SSSR count). The van der Waals surface area contributed by atoms with Gasteiger partial charge >= 0.3 is 12.1 Å². The summed E-state index contributed by atoms with van der Waals surface area (Å²) in [6.45, 7) is 4.64. The fourth-order valence-corrected chi connectivity index (χ4v) is 4.38. The summed E-state index contributed by atoms with van der Waals surface area (Å²) in [6.07, 6.45) is -3.87. The predicted octanol–water partition coefficient (Wildman–Crippen LogP) is 5.84. The molecule has 1 aliphatic rings. The third kappa shape index (κ3) is 5.66. The van der Waals surface area contributed by atoms with Gasteiger partial charge in [0.25, 0.3) is 12.0 Å². The molecule has 1 aromatic heterocycles. The van der Waals surface area contributed by atoms with Crippen molar-refractivity contribution in [3.8, 4) is 0 Å². The number of hydrogen-bond donors (Lipinski definition) is 2. The van der Waals surface area contributed by atoms with Crippen LogP contribution in [0.2, 0.25) is 0 Å². The second-order valence-electron chi connectivity index (χ2n) is 10.1. The first-order chi connectivity index (χ1) is 18.2. The summed E-state index contributed by atoms with van der Waals surface area (Å²) in [5.74, 6) is -3.61. The molecule has 208 valence electrons. The second-order valence-corrected chi connectivity index (χ2v) is 10.1. The van der Waals surface area contributed by atoms with Gasteiger partial charge in [0.1, 0.15) is 11.4 Å². The minimum absolute atomic E-state index is 0.0305. The molecule has 0 fully saturated rings. The highest BCUT2D eigenvalue weighted by molar-refractivity contribution is 5.91. The van der Waals surface area contributed by atoms with E-state index in [1.165, 1.54) is 11.9 Å². The number of carbonyl (C=O) groups excluding carboxylic acids is 2. The number of urea groups is 1. The highest BCUT2D eigenvalue weighted by atomic mass is 19.3. The van der Waals surface area contributed by atoms with Crippen molar-refractivity contribution in [3.05, 3.63) is 75.0 Å². The number of likely N-dealkylation sites (N-methyl/N-ethyl adjacent to an activating group) is 1. The molecule has 0 saturated heterocycles. The van der Waals surface area contributed by atoms with Crippen LogP contribution in [0.1, 0.15) is 50.1 Å². The lowest BCUT2D eigenvalue weighted by Gasteiger charge is -2.39. The monoisotopic (exact) mass is 552 g/mol. The molecule has 8 nitrogen and oxygen atoms in total. The molecular formula is C26H25F5N4O4. The average Bonchev–Trinajstić information content (AvgIpc) is 2.84. The number of hydrogen-bond acceptors (Lipinski definition) is 4. The van der Waals surface area contributed by atoms with E-state index in [9.17, 15) is 36.3 Å². The lowest BCUT2D eigenvalue weighted by atomic mass is 9.93. The van der Waals surface area contributed by atoms with E-state index in [2.05, 4.69) is 10.3 Å². The van der Waals surface area contributed by atoms with Gasteiger partial charge < -0.3 is 19.9 Å². The van der Waals surface area contributed by atoms with Crippen LogP contribution in [0.5, 0.6) is 0 Å². The van der Waals surface area contributed by atoms with Crippen molar-refractivity contribution in [2.75, 3.05) is 18.9 Å². The molecule has 0 saturated carbocycles. The van der Waals surface area contributed by atoms with E-state index >= 15 is 0 Å². The fourth-order valence-electron chi connectivity index (χ4n) is 4.38. The maximum Gasteiger partial charge on any atom is 0.410 e. The summed E-state index contributed by atoms with van der Waals surface area (Å²) in [4.78, 5) is 43.8. The van der Waals surface area contributed by atoms with Crippen LogP contribution in [0.3, 0.4) is 0 Å².